The van der Waals surface area contributed by atoms with Gasteiger partial charge in [0, 0.05) is 16.7 Å². The first-order valence-corrected chi connectivity index (χ1v) is 5.91. The Hall–Kier alpha value is -1.09. The lowest BCUT2D eigenvalue weighted by Gasteiger charge is -2.10. The van der Waals surface area contributed by atoms with Crippen molar-refractivity contribution in [2.75, 3.05) is 0 Å². The Bertz CT molecular complexity index is 540. The van der Waals surface area contributed by atoms with Gasteiger partial charge < -0.3 is 4.18 Å². The molecule has 0 heterocycles. The molecule has 102 valence electrons. The molecule has 1 rings (SSSR count). The first kappa shape index (κ1) is 15.0. The third-order valence-electron chi connectivity index (χ3n) is 1.64. The summed E-state index contributed by atoms with van der Waals surface area (Å²) in [6.07, 6.45) is -3.03. The minimum Gasteiger partial charge on any atom is -0.376 e. The van der Waals surface area contributed by atoms with E-state index < -0.39 is 33.4 Å². The molecule has 0 aromatic heterocycles. The zero-order valence-electron chi connectivity index (χ0n) is 8.21. The molecule has 0 amide bonds. The molecule has 1 aromatic carbocycles. The van der Waals surface area contributed by atoms with Crippen molar-refractivity contribution in [1.82, 2.24) is 0 Å². The third-order valence-corrected chi connectivity index (χ3v) is 2.83. The lowest BCUT2D eigenvalue weighted by molar-refractivity contribution is -0.0500. The average Bonchev–Trinajstić information content (AvgIpc) is 2.13. The van der Waals surface area contributed by atoms with Crippen molar-refractivity contribution in [3.05, 3.63) is 28.8 Å². The van der Waals surface area contributed by atoms with Crippen LogP contribution in [0.2, 0.25) is 5.02 Å². The van der Waals surface area contributed by atoms with Crippen LogP contribution in [0, 0.1) is 0 Å². The van der Waals surface area contributed by atoms with Crippen LogP contribution in [-0.4, -0.2) is 13.9 Å². The average molecular weight is 311 g/mol. The van der Waals surface area contributed by atoms with E-state index in [-0.39, 0.29) is 5.02 Å². The Morgan fingerprint density at radius 1 is 1.17 bits per heavy atom. The van der Waals surface area contributed by atoms with Crippen LogP contribution in [0.3, 0.4) is 0 Å². The summed E-state index contributed by atoms with van der Waals surface area (Å²) in [6.45, 7) is 0. The van der Waals surface area contributed by atoms with Crippen LogP contribution in [0.5, 0.6) is 5.75 Å². The van der Waals surface area contributed by atoms with Gasteiger partial charge in [0.25, 0.3) is 6.43 Å². The molecule has 10 heteroatoms. The Labute approximate surface area is 103 Å². The first-order chi connectivity index (χ1) is 8.03. The van der Waals surface area contributed by atoms with E-state index in [1.165, 1.54) is 0 Å². The zero-order chi connectivity index (χ0) is 14.1. The molecule has 0 aliphatic rings. The number of hydrogen-bond acceptors (Lipinski definition) is 3. The highest BCUT2D eigenvalue weighted by Crippen LogP contribution is 2.31. The Kier molecular flexibility index (Phi) is 4.06. The van der Waals surface area contributed by atoms with Crippen LogP contribution in [0.25, 0.3) is 0 Å². The van der Waals surface area contributed by atoms with Crippen molar-refractivity contribution in [3.63, 3.8) is 0 Å². The number of benzene rings is 1. The Morgan fingerprint density at radius 2 is 1.72 bits per heavy atom. The monoisotopic (exact) mass is 310 g/mol. The number of rotatable bonds is 3. The topological polar surface area (TPSA) is 43.4 Å². The molecule has 0 atom stereocenters. The van der Waals surface area contributed by atoms with Gasteiger partial charge in [0.05, 0.1) is 0 Å². The first-order valence-electron chi connectivity index (χ1n) is 4.12. The molecule has 0 aliphatic heterocycles. The minimum atomic E-state index is -5.91. The molecule has 0 saturated carbocycles. The molecular weight excluding hydrogens is 307 g/mol. The van der Waals surface area contributed by atoms with Gasteiger partial charge in [0.1, 0.15) is 5.75 Å². The molecular formula is C8H4ClF5O3S. The normalized spacial score (nSPS) is 12.8. The lowest BCUT2D eigenvalue weighted by atomic mass is 10.2. The van der Waals surface area contributed by atoms with E-state index in [1.54, 1.807) is 0 Å². The van der Waals surface area contributed by atoms with Gasteiger partial charge in [-0.25, -0.2) is 8.78 Å². The van der Waals surface area contributed by atoms with Crippen molar-refractivity contribution in [2.24, 2.45) is 0 Å². The Morgan fingerprint density at radius 3 is 2.17 bits per heavy atom. The summed E-state index contributed by atoms with van der Waals surface area (Å²) in [6, 6.07) is 1.91. The van der Waals surface area contributed by atoms with E-state index in [4.69, 9.17) is 11.6 Å². The summed E-state index contributed by atoms with van der Waals surface area (Å²) < 4.78 is 85.5. The summed E-state index contributed by atoms with van der Waals surface area (Å²) in [7, 11) is -5.91. The predicted octanol–water partition coefficient (Wildman–Crippen LogP) is 3.51. The summed E-state index contributed by atoms with van der Waals surface area (Å²) in [4.78, 5) is 0. The second-order valence-electron chi connectivity index (χ2n) is 3.00. The number of alkyl halides is 5. The Balaban J connectivity index is 3.13. The maximum Gasteiger partial charge on any atom is 0.534 e. The van der Waals surface area contributed by atoms with E-state index >= 15 is 0 Å². The molecule has 1 aromatic rings. The molecule has 0 spiro atoms. The second kappa shape index (κ2) is 4.88. The summed E-state index contributed by atoms with van der Waals surface area (Å²) in [5.41, 5.74) is -6.41. The van der Waals surface area contributed by atoms with E-state index in [0.717, 1.165) is 6.07 Å². The van der Waals surface area contributed by atoms with Gasteiger partial charge in [-0.2, -0.15) is 21.6 Å². The van der Waals surface area contributed by atoms with E-state index in [2.05, 4.69) is 4.18 Å². The van der Waals surface area contributed by atoms with E-state index in [0.29, 0.717) is 12.1 Å². The van der Waals surface area contributed by atoms with Crippen LogP contribution in [-0.2, 0) is 10.1 Å². The van der Waals surface area contributed by atoms with Gasteiger partial charge in [-0.1, -0.05) is 11.6 Å². The van der Waals surface area contributed by atoms with Gasteiger partial charge in [-0.05, 0) is 12.1 Å². The van der Waals surface area contributed by atoms with Gasteiger partial charge in [0.15, 0.2) is 0 Å². The van der Waals surface area contributed by atoms with Crippen molar-refractivity contribution in [1.29, 1.82) is 0 Å². The van der Waals surface area contributed by atoms with Gasteiger partial charge in [0.2, 0.25) is 0 Å². The molecule has 0 N–H and O–H groups in total. The molecule has 0 aliphatic carbocycles. The fraction of sp³-hybridized carbons (Fsp3) is 0.250. The molecule has 0 bridgehead atoms. The van der Waals surface area contributed by atoms with Crippen molar-refractivity contribution < 1.29 is 34.6 Å². The van der Waals surface area contributed by atoms with Crippen LogP contribution >= 0.6 is 11.6 Å². The lowest BCUT2D eigenvalue weighted by Crippen LogP contribution is -2.28. The van der Waals surface area contributed by atoms with Gasteiger partial charge in [-0.15, -0.1) is 0 Å². The van der Waals surface area contributed by atoms with E-state index in [1.807, 2.05) is 0 Å². The minimum absolute atomic E-state index is 0.375. The molecule has 0 unspecified atom stereocenters. The smallest absolute Gasteiger partial charge is 0.376 e. The van der Waals surface area contributed by atoms with Crippen LogP contribution in [0.1, 0.15) is 12.0 Å². The summed E-state index contributed by atoms with van der Waals surface area (Å²) in [5.74, 6) is -0.935. The molecule has 3 nitrogen and oxygen atoms in total. The standard InChI is InChI=1S/C8H4ClF5O3S/c9-5-1-4(7(10)11)2-6(3-5)17-18(15,16)8(12,13)14/h1-3,7H. The molecule has 0 radical (unpaired) electrons. The van der Waals surface area contributed by atoms with Crippen LogP contribution < -0.4 is 4.18 Å². The van der Waals surface area contributed by atoms with Crippen LogP contribution in [0.15, 0.2) is 18.2 Å². The van der Waals surface area contributed by atoms with Crippen molar-refractivity contribution >= 4 is 21.7 Å². The van der Waals surface area contributed by atoms with Gasteiger partial charge >= 0.3 is 15.6 Å². The molecule has 0 fully saturated rings. The SMILES string of the molecule is O=S(=O)(Oc1cc(Cl)cc(C(F)F)c1)C(F)(F)F. The zero-order valence-corrected chi connectivity index (χ0v) is 9.78. The fourth-order valence-electron chi connectivity index (χ4n) is 0.932. The van der Waals surface area contributed by atoms with Crippen molar-refractivity contribution in [2.45, 2.75) is 11.9 Å². The van der Waals surface area contributed by atoms with Crippen molar-refractivity contribution in [3.8, 4) is 5.75 Å². The number of halogens is 6. The quantitative estimate of drug-likeness (QED) is 0.487. The molecule has 0 saturated heterocycles. The molecule has 18 heavy (non-hydrogen) atoms. The summed E-state index contributed by atoms with van der Waals surface area (Å²) in [5, 5.41) is -0.375. The highest BCUT2D eigenvalue weighted by Gasteiger charge is 2.48. The van der Waals surface area contributed by atoms with Gasteiger partial charge in [-0.3, -0.25) is 0 Å². The van der Waals surface area contributed by atoms with Crippen LogP contribution in [0.4, 0.5) is 22.0 Å². The maximum atomic E-state index is 12.3. The largest absolute Gasteiger partial charge is 0.534 e. The number of hydrogen-bond donors (Lipinski definition) is 0. The predicted molar refractivity (Wildman–Crippen MR) is 52.0 cm³/mol. The second-order valence-corrected chi connectivity index (χ2v) is 4.98. The summed E-state index contributed by atoms with van der Waals surface area (Å²) >= 11 is 5.35. The van der Waals surface area contributed by atoms with E-state index in [9.17, 15) is 30.4 Å². The fourth-order valence-corrected chi connectivity index (χ4v) is 1.61. The highest BCUT2D eigenvalue weighted by atomic mass is 35.5. The maximum absolute atomic E-state index is 12.3. The third kappa shape index (κ3) is 3.45. The highest BCUT2D eigenvalue weighted by molar-refractivity contribution is 7.88.